The van der Waals surface area contributed by atoms with E-state index in [0.717, 1.165) is 12.0 Å². The molecule has 3 aromatic heterocycles. The van der Waals surface area contributed by atoms with Crippen LogP contribution in [0.15, 0.2) is 30.4 Å². The first-order chi connectivity index (χ1) is 16.4. The van der Waals surface area contributed by atoms with Gasteiger partial charge in [0.15, 0.2) is 0 Å². The molecule has 4 heterocycles. The molecule has 0 fully saturated rings. The smallest absolute Gasteiger partial charge is 0.293 e. The molecule has 1 aliphatic heterocycles. The molecule has 0 bridgehead atoms. The zero-order chi connectivity index (χ0) is 24.2. The van der Waals surface area contributed by atoms with E-state index >= 15 is 0 Å². The zero-order valence-electron chi connectivity index (χ0n) is 19.1. The van der Waals surface area contributed by atoms with Gasteiger partial charge in [0, 0.05) is 54.4 Å². The third-order valence-corrected chi connectivity index (χ3v) is 9.53. The van der Waals surface area contributed by atoms with Crippen molar-refractivity contribution in [3.8, 4) is 19.5 Å². The number of aryl methyl sites for hydroxylation is 2. The number of carbonyl (C=O) groups is 3. The van der Waals surface area contributed by atoms with Gasteiger partial charge in [0.05, 0.1) is 6.61 Å². The molecule has 4 rings (SSSR count). The molecule has 6 nitrogen and oxygen atoms in total. The summed E-state index contributed by atoms with van der Waals surface area (Å²) in [6, 6.07) is 6.63. The second-order valence-electron chi connectivity index (χ2n) is 8.02. The maximum Gasteiger partial charge on any atom is 0.293 e. The number of ether oxygens (including phenoxy) is 1. The molecular formula is C25H26N2O4S3. The molecule has 0 saturated heterocycles. The number of rotatable bonds is 11. The van der Waals surface area contributed by atoms with Crippen LogP contribution in [0.5, 0.6) is 0 Å². The number of nitrogens with two attached hydrogens (primary N) is 1. The van der Waals surface area contributed by atoms with Crippen LogP contribution in [0.2, 0.25) is 0 Å². The van der Waals surface area contributed by atoms with Gasteiger partial charge in [-0.05, 0) is 68.1 Å². The maximum atomic E-state index is 11.9. The molecule has 1 aliphatic rings. The van der Waals surface area contributed by atoms with E-state index in [4.69, 9.17) is 10.5 Å². The van der Waals surface area contributed by atoms with Gasteiger partial charge in [-0.3, -0.25) is 19.3 Å². The van der Waals surface area contributed by atoms with E-state index in [0.29, 0.717) is 39.0 Å². The van der Waals surface area contributed by atoms with E-state index in [1.165, 1.54) is 57.4 Å². The average molecular weight is 515 g/mol. The predicted octanol–water partition coefficient (Wildman–Crippen LogP) is 4.51. The number of hydrogen-bond acceptors (Lipinski definition) is 8. The van der Waals surface area contributed by atoms with Crippen molar-refractivity contribution in [2.75, 3.05) is 19.7 Å². The van der Waals surface area contributed by atoms with Crippen LogP contribution < -0.4 is 5.73 Å². The molecule has 0 saturated carbocycles. The van der Waals surface area contributed by atoms with Gasteiger partial charge in [0.25, 0.3) is 18.3 Å². The number of thiophene rings is 3. The number of amides is 2. The minimum atomic E-state index is -0.241. The Morgan fingerprint density at radius 2 is 1.44 bits per heavy atom. The van der Waals surface area contributed by atoms with E-state index in [1.54, 1.807) is 34.0 Å². The summed E-state index contributed by atoms with van der Waals surface area (Å²) in [5, 5.41) is 0. The predicted molar refractivity (Wildman–Crippen MR) is 138 cm³/mol. The minimum absolute atomic E-state index is 0.241. The van der Waals surface area contributed by atoms with Crippen molar-refractivity contribution in [1.82, 2.24) is 4.90 Å². The molecule has 9 heteroatoms. The summed E-state index contributed by atoms with van der Waals surface area (Å²) in [7, 11) is 0. The van der Waals surface area contributed by atoms with Crippen molar-refractivity contribution in [3.63, 3.8) is 0 Å². The molecule has 3 aromatic rings. The molecule has 34 heavy (non-hydrogen) atoms. The lowest BCUT2D eigenvalue weighted by atomic mass is 10.1. The van der Waals surface area contributed by atoms with Crippen LogP contribution in [0.4, 0.5) is 0 Å². The first-order valence-electron chi connectivity index (χ1n) is 11.0. The molecule has 0 aliphatic carbocycles. The fourth-order valence-electron chi connectivity index (χ4n) is 3.97. The van der Waals surface area contributed by atoms with Gasteiger partial charge in [0.1, 0.15) is 0 Å². The molecular weight excluding hydrogens is 488 g/mol. The van der Waals surface area contributed by atoms with Gasteiger partial charge in [-0.15, -0.1) is 34.0 Å². The van der Waals surface area contributed by atoms with E-state index in [9.17, 15) is 14.4 Å². The van der Waals surface area contributed by atoms with Crippen molar-refractivity contribution in [3.05, 3.63) is 56.8 Å². The van der Waals surface area contributed by atoms with Crippen molar-refractivity contribution in [2.45, 2.75) is 33.1 Å². The van der Waals surface area contributed by atoms with Gasteiger partial charge < -0.3 is 10.5 Å². The third-order valence-electron chi connectivity index (χ3n) is 5.79. The van der Waals surface area contributed by atoms with Crippen LogP contribution in [0.3, 0.4) is 0 Å². The molecule has 0 aromatic carbocycles. The second-order valence-corrected chi connectivity index (χ2v) is 11.6. The van der Waals surface area contributed by atoms with Crippen LogP contribution in [-0.4, -0.2) is 42.9 Å². The Bertz CT molecular complexity index is 1230. The number of imide groups is 1. The highest BCUT2D eigenvalue weighted by Gasteiger charge is 2.23. The monoisotopic (exact) mass is 514 g/mol. The standard InChI is InChI=1S/C25H26N2O4S3/c1-15-17(6-9-27-23(29)3-4-24(27)30)12-22(33-15)25-19(5-8-26)13-21(34-25)20-11-18(16(2)32-20)7-10-31-14-28/h3-4,11-14H,5-10,26H2,1-2H3. The lowest BCUT2D eigenvalue weighted by Crippen LogP contribution is -2.31. The van der Waals surface area contributed by atoms with Gasteiger partial charge in [-0.2, -0.15) is 0 Å². The van der Waals surface area contributed by atoms with Crippen LogP contribution in [0.25, 0.3) is 19.5 Å². The number of nitrogens with zero attached hydrogens (tertiary/aromatic N) is 1. The van der Waals surface area contributed by atoms with Gasteiger partial charge >= 0.3 is 0 Å². The maximum absolute atomic E-state index is 11.9. The number of carbonyl (C=O) groups excluding carboxylic acids is 3. The highest BCUT2D eigenvalue weighted by Crippen LogP contribution is 2.44. The van der Waals surface area contributed by atoms with Crippen molar-refractivity contribution < 1.29 is 19.1 Å². The first-order valence-corrected chi connectivity index (χ1v) is 13.5. The largest absolute Gasteiger partial charge is 0.468 e. The van der Waals surface area contributed by atoms with E-state index in [1.807, 2.05) is 0 Å². The summed E-state index contributed by atoms with van der Waals surface area (Å²) in [6.07, 6.45) is 4.80. The Hall–Kier alpha value is -2.59. The SMILES string of the molecule is Cc1sc(-c2cc(CCN)c(-c3cc(CCN4C(=O)C=CC4=O)c(C)s3)s2)cc1CCOC=O. The summed E-state index contributed by atoms with van der Waals surface area (Å²) in [4.78, 5) is 42.7. The summed E-state index contributed by atoms with van der Waals surface area (Å²) < 4.78 is 4.87. The molecule has 178 valence electrons. The molecule has 0 radical (unpaired) electrons. The Labute approximate surface area is 210 Å². The van der Waals surface area contributed by atoms with Crippen molar-refractivity contribution >= 4 is 52.3 Å². The van der Waals surface area contributed by atoms with E-state index in [2.05, 4.69) is 32.0 Å². The van der Waals surface area contributed by atoms with Crippen molar-refractivity contribution in [2.24, 2.45) is 5.73 Å². The fourth-order valence-corrected chi connectivity index (χ4v) is 7.53. The highest BCUT2D eigenvalue weighted by molar-refractivity contribution is 7.26. The topological polar surface area (TPSA) is 89.7 Å². The summed E-state index contributed by atoms with van der Waals surface area (Å²) in [5.41, 5.74) is 9.52. The van der Waals surface area contributed by atoms with Crippen molar-refractivity contribution in [1.29, 1.82) is 0 Å². The van der Waals surface area contributed by atoms with Crippen LogP contribution in [-0.2, 0) is 38.4 Å². The lowest BCUT2D eigenvalue weighted by Gasteiger charge is -2.13. The average Bonchev–Trinajstić information content (AvgIpc) is 3.56. The number of hydrogen-bond donors (Lipinski definition) is 1. The Kier molecular flexibility index (Phi) is 7.77. The summed E-state index contributed by atoms with van der Waals surface area (Å²) in [5.74, 6) is -0.482. The normalized spacial score (nSPS) is 13.3. The van der Waals surface area contributed by atoms with Gasteiger partial charge in [-0.25, -0.2) is 0 Å². The van der Waals surface area contributed by atoms with Gasteiger partial charge in [0.2, 0.25) is 0 Å². The fraction of sp³-hybridized carbons (Fsp3) is 0.320. The first kappa shape index (κ1) is 24.5. The van der Waals surface area contributed by atoms with Crippen LogP contribution >= 0.6 is 34.0 Å². The molecule has 0 spiro atoms. The molecule has 2 amide bonds. The molecule has 0 unspecified atom stereocenters. The highest BCUT2D eigenvalue weighted by atomic mass is 32.1. The summed E-state index contributed by atoms with van der Waals surface area (Å²) >= 11 is 5.27. The van der Waals surface area contributed by atoms with Gasteiger partial charge in [-0.1, -0.05) is 0 Å². The third kappa shape index (κ3) is 5.22. The zero-order valence-corrected chi connectivity index (χ0v) is 21.5. The van der Waals surface area contributed by atoms with Crippen LogP contribution in [0.1, 0.15) is 26.4 Å². The Morgan fingerprint density at radius 1 is 0.853 bits per heavy atom. The van der Waals surface area contributed by atoms with E-state index < -0.39 is 0 Å². The molecule has 0 atom stereocenters. The Balaban J connectivity index is 1.57. The van der Waals surface area contributed by atoms with Crippen LogP contribution in [0, 0.1) is 13.8 Å². The minimum Gasteiger partial charge on any atom is -0.468 e. The molecule has 2 N–H and O–H groups in total. The lowest BCUT2D eigenvalue weighted by molar-refractivity contribution is -0.136. The Morgan fingerprint density at radius 3 is 2.12 bits per heavy atom. The second kappa shape index (κ2) is 10.8. The summed E-state index contributed by atoms with van der Waals surface area (Å²) in [6.45, 7) is 6.02. The quantitative estimate of drug-likeness (QED) is 0.231. The van der Waals surface area contributed by atoms with E-state index in [-0.39, 0.29) is 11.8 Å².